The van der Waals surface area contributed by atoms with Crippen LogP contribution in [0.2, 0.25) is 5.15 Å². The first kappa shape index (κ1) is 19.9. The summed E-state index contributed by atoms with van der Waals surface area (Å²) in [5.74, 6) is 0.705. The van der Waals surface area contributed by atoms with Crippen LogP contribution in [0.25, 0.3) is 0 Å². The first-order valence-electron chi connectivity index (χ1n) is 7.52. The Morgan fingerprint density at radius 3 is 2.24 bits per heavy atom. The fourth-order valence-electron chi connectivity index (χ4n) is 1.33. The molecule has 0 fully saturated rings. The summed E-state index contributed by atoms with van der Waals surface area (Å²) >= 11 is 5.79. The zero-order valence-corrected chi connectivity index (χ0v) is 15.2. The summed E-state index contributed by atoms with van der Waals surface area (Å²) in [4.78, 5) is 17.4. The van der Waals surface area contributed by atoms with Gasteiger partial charge in [0.25, 0.3) is 0 Å². The average molecular weight is 313 g/mol. The van der Waals surface area contributed by atoms with Crippen LogP contribution >= 0.6 is 11.6 Å². The molecule has 0 aliphatic carbocycles. The van der Waals surface area contributed by atoms with Gasteiger partial charge < -0.3 is 0 Å². The predicted octanol–water partition coefficient (Wildman–Crippen LogP) is 5.25. The van der Waals surface area contributed by atoms with E-state index in [1.54, 1.807) is 18.0 Å². The number of aromatic nitrogens is 1. The molecule has 0 saturated carbocycles. The highest BCUT2D eigenvalue weighted by Gasteiger charge is 2.13. The first-order valence-corrected chi connectivity index (χ1v) is 7.89. The highest BCUT2D eigenvalue weighted by Crippen LogP contribution is 2.19. The van der Waals surface area contributed by atoms with Crippen molar-refractivity contribution in [2.75, 3.05) is 11.9 Å². The van der Waals surface area contributed by atoms with Gasteiger partial charge in [0, 0.05) is 13.5 Å². The van der Waals surface area contributed by atoms with E-state index in [4.69, 9.17) is 11.6 Å². The molecule has 21 heavy (non-hydrogen) atoms. The van der Waals surface area contributed by atoms with Gasteiger partial charge in [0.2, 0.25) is 5.91 Å². The number of carbonyl (C=O) groups is 1. The summed E-state index contributed by atoms with van der Waals surface area (Å²) in [5, 5.41) is 0.409. The molecule has 0 spiro atoms. The van der Waals surface area contributed by atoms with E-state index in [0.29, 0.717) is 22.8 Å². The summed E-state index contributed by atoms with van der Waals surface area (Å²) in [6.45, 7) is 12.8. The Hall–Kier alpha value is -1.09. The molecular weight excluding hydrogens is 284 g/mol. The smallest absolute Gasteiger partial charge is 0.227 e. The van der Waals surface area contributed by atoms with Gasteiger partial charge >= 0.3 is 0 Å². The lowest BCUT2D eigenvalue weighted by Crippen LogP contribution is -2.27. The first-order chi connectivity index (χ1) is 9.62. The zero-order valence-electron chi connectivity index (χ0n) is 14.5. The molecule has 0 radical (unpaired) electrons. The van der Waals surface area contributed by atoms with Crippen molar-refractivity contribution in [3.63, 3.8) is 0 Å². The van der Waals surface area contributed by atoms with Gasteiger partial charge in [-0.25, -0.2) is 4.98 Å². The Kier molecular flexibility index (Phi) is 8.57. The summed E-state index contributed by atoms with van der Waals surface area (Å²) in [7, 11) is 1.73. The second-order valence-corrected chi connectivity index (χ2v) is 6.78. The van der Waals surface area contributed by atoms with Crippen LogP contribution in [-0.2, 0) is 4.79 Å². The van der Waals surface area contributed by atoms with Crippen LogP contribution in [0.5, 0.6) is 0 Å². The molecule has 1 aromatic rings. The van der Waals surface area contributed by atoms with Gasteiger partial charge in [-0.15, -0.1) is 0 Å². The van der Waals surface area contributed by atoms with E-state index in [9.17, 15) is 4.79 Å². The maximum Gasteiger partial charge on any atom is 0.227 e. The molecule has 1 rings (SSSR count). The van der Waals surface area contributed by atoms with Crippen LogP contribution < -0.4 is 4.90 Å². The van der Waals surface area contributed by atoms with Crippen molar-refractivity contribution < 1.29 is 4.79 Å². The fraction of sp³-hybridized carbons (Fsp3) is 0.647. The number of rotatable bonds is 3. The molecule has 0 atom stereocenters. The van der Waals surface area contributed by atoms with Crippen molar-refractivity contribution in [1.29, 1.82) is 0 Å². The molecule has 0 aromatic carbocycles. The minimum atomic E-state index is 0.0652. The van der Waals surface area contributed by atoms with Crippen molar-refractivity contribution in [2.24, 2.45) is 5.41 Å². The monoisotopic (exact) mass is 312 g/mol. The molecule has 1 heterocycles. The number of anilines is 1. The van der Waals surface area contributed by atoms with Crippen LogP contribution in [-0.4, -0.2) is 17.9 Å². The van der Waals surface area contributed by atoms with Gasteiger partial charge in [0.1, 0.15) is 11.0 Å². The van der Waals surface area contributed by atoms with Gasteiger partial charge in [-0.2, -0.15) is 0 Å². The standard InChI is InChI=1S/C11H15ClN2O.C6H14/c1-4-5-10(15)14(3)11-8(2)6-7-9(12)13-11;1-5-6(2,3)4/h6-7H,4-5H2,1-3H3;5H2,1-4H3. The maximum atomic E-state index is 11.6. The molecule has 0 bridgehead atoms. The average Bonchev–Trinajstić information content (AvgIpc) is 2.41. The minimum Gasteiger partial charge on any atom is -0.300 e. The predicted molar refractivity (Wildman–Crippen MR) is 92.0 cm³/mol. The molecule has 0 unspecified atom stereocenters. The number of halogens is 1. The van der Waals surface area contributed by atoms with Gasteiger partial charge in [-0.05, 0) is 30.4 Å². The quantitative estimate of drug-likeness (QED) is 0.714. The number of nitrogens with zero attached hydrogens (tertiary/aromatic N) is 2. The Labute approximate surface area is 134 Å². The van der Waals surface area contributed by atoms with E-state index in [-0.39, 0.29) is 5.91 Å². The van der Waals surface area contributed by atoms with Crippen molar-refractivity contribution in [1.82, 2.24) is 4.98 Å². The number of amides is 1. The Morgan fingerprint density at radius 1 is 1.29 bits per heavy atom. The summed E-state index contributed by atoms with van der Waals surface area (Å²) in [5.41, 5.74) is 1.49. The highest BCUT2D eigenvalue weighted by atomic mass is 35.5. The van der Waals surface area contributed by atoms with Gasteiger partial charge in [-0.1, -0.05) is 58.7 Å². The van der Waals surface area contributed by atoms with Crippen LogP contribution in [0.15, 0.2) is 12.1 Å². The summed E-state index contributed by atoms with van der Waals surface area (Å²) in [6.07, 6.45) is 2.64. The minimum absolute atomic E-state index is 0.0652. The third kappa shape index (κ3) is 8.05. The van der Waals surface area contributed by atoms with E-state index < -0.39 is 0 Å². The zero-order chi connectivity index (χ0) is 16.6. The normalized spacial score (nSPS) is 10.7. The van der Waals surface area contributed by atoms with Gasteiger partial charge in [0.15, 0.2) is 0 Å². The van der Waals surface area contributed by atoms with E-state index in [0.717, 1.165) is 12.0 Å². The Balaban J connectivity index is 0.000000567. The number of carbonyl (C=O) groups excluding carboxylic acids is 1. The second-order valence-electron chi connectivity index (χ2n) is 6.39. The van der Waals surface area contributed by atoms with E-state index in [1.165, 1.54) is 6.42 Å². The lowest BCUT2D eigenvalue weighted by molar-refractivity contribution is -0.118. The SMILES string of the molecule is CCC(C)(C)C.CCCC(=O)N(C)c1nc(Cl)ccc1C. The number of aryl methyl sites for hydroxylation is 1. The number of hydrogen-bond acceptors (Lipinski definition) is 2. The molecule has 4 heteroatoms. The Bertz CT molecular complexity index is 453. The molecule has 0 aliphatic rings. The van der Waals surface area contributed by atoms with Crippen molar-refractivity contribution in [2.45, 2.75) is 60.8 Å². The fourth-order valence-corrected chi connectivity index (χ4v) is 1.48. The number of pyridine rings is 1. The molecule has 1 aromatic heterocycles. The van der Waals surface area contributed by atoms with Crippen LogP contribution in [0, 0.1) is 12.3 Å². The van der Waals surface area contributed by atoms with E-state index in [1.807, 2.05) is 19.9 Å². The topological polar surface area (TPSA) is 33.2 Å². The molecule has 0 N–H and O–H groups in total. The maximum absolute atomic E-state index is 11.6. The molecule has 3 nitrogen and oxygen atoms in total. The van der Waals surface area contributed by atoms with E-state index in [2.05, 4.69) is 32.7 Å². The van der Waals surface area contributed by atoms with Crippen molar-refractivity contribution in [3.05, 3.63) is 22.8 Å². The van der Waals surface area contributed by atoms with Crippen LogP contribution in [0.1, 0.15) is 59.4 Å². The lowest BCUT2D eigenvalue weighted by atomic mass is 9.94. The molecule has 120 valence electrons. The van der Waals surface area contributed by atoms with Gasteiger partial charge in [-0.3, -0.25) is 9.69 Å². The third-order valence-corrected chi connectivity index (χ3v) is 3.46. The molecule has 0 saturated heterocycles. The van der Waals surface area contributed by atoms with Gasteiger partial charge in [0.05, 0.1) is 0 Å². The highest BCUT2D eigenvalue weighted by molar-refractivity contribution is 6.29. The van der Waals surface area contributed by atoms with Crippen LogP contribution in [0.4, 0.5) is 5.82 Å². The lowest BCUT2D eigenvalue weighted by Gasteiger charge is -2.18. The second kappa shape index (κ2) is 9.04. The summed E-state index contributed by atoms with van der Waals surface area (Å²) in [6, 6.07) is 3.58. The third-order valence-electron chi connectivity index (χ3n) is 3.25. The number of hydrogen-bond donors (Lipinski definition) is 0. The largest absolute Gasteiger partial charge is 0.300 e. The van der Waals surface area contributed by atoms with Crippen molar-refractivity contribution >= 4 is 23.3 Å². The summed E-state index contributed by atoms with van der Waals surface area (Å²) < 4.78 is 0. The Morgan fingerprint density at radius 2 is 1.81 bits per heavy atom. The molecular formula is C17H29ClN2O. The van der Waals surface area contributed by atoms with E-state index >= 15 is 0 Å². The van der Waals surface area contributed by atoms with Crippen LogP contribution in [0.3, 0.4) is 0 Å². The molecule has 1 amide bonds. The molecule has 0 aliphatic heterocycles. The van der Waals surface area contributed by atoms with Crippen molar-refractivity contribution in [3.8, 4) is 0 Å².